The Labute approximate surface area is 139 Å². The Morgan fingerprint density at radius 2 is 0.727 bits per heavy atom. The Balaban J connectivity index is 2.92. The van der Waals surface area contributed by atoms with E-state index >= 15 is 0 Å². The first kappa shape index (κ1) is 21.6. The van der Waals surface area contributed by atoms with Gasteiger partial charge in [0.25, 0.3) is 0 Å². The van der Waals surface area contributed by atoms with Gasteiger partial charge in [-0.15, -0.1) is 0 Å². The van der Waals surface area contributed by atoms with Crippen LogP contribution in [0.2, 0.25) is 0 Å². The van der Waals surface area contributed by atoms with Crippen LogP contribution >= 0.6 is 0 Å². The van der Waals surface area contributed by atoms with E-state index < -0.39 is 0 Å². The van der Waals surface area contributed by atoms with Crippen molar-refractivity contribution in [1.29, 1.82) is 0 Å². The van der Waals surface area contributed by atoms with Crippen LogP contribution in [0.15, 0.2) is 0 Å². The highest BCUT2D eigenvalue weighted by atomic mass is 16.1. The average molecular weight is 311 g/mol. The monoisotopic (exact) mass is 310 g/mol. The highest BCUT2D eigenvalue weighted by Crippen LogP contribution is 2.14. The molecule has 0 aromatic carbocycles. The zero-order valence-electron chi connectivity index (χ0n) is 14.9. The minimum Gasteiger partial charge on any atom is -0.330 e. The summed E-state index contributed by atoms with van der Waals surface area (Å²) in [5.41, 5.74) is 5.49. The molecule has 2 nitrogen and oxygen atoms in total. The van der Waals surface area contributed by atoms with Crippen LogP contribution < -0.4 is 5.73 Å². The predicted molar refractivity (Wildman–Crippen MR) is 97.9 cm³/mol. The van der Waals surface area contributed by atoms with Crippen molar-refractivity contribution in [2.24, 2.45) is 5.73 Å². The molecule has 2 heteroatoms. The highest BCUT2D eigenvalue weighted by Gasteiger charge is 1.95. The normalized spacial score (nSPS) is 11.0. The summed E-state index contributed by atoms with van der Waals surface area (Å²) >= 11 is 0. The number of hydrogen-bond donors (Lipinski definition) is 1. The van der Waals surface area contributed by atoms with Crippen LogP contribution in [0, 0.1) is 0 Å². The second-order valence-electron chi connectivity index (χ2n) is 6.69. The molecule has 0 amide bonds. The van der Waals surface area contributed by atoms with Crippen LogP contribution in [0.1, 0.15) is 116 Å². The summed E-state index contributed by atoms with van der Waals surface area (Å²) in [6.45, 7) is 0.860. The lowest BCUT2D eigenvalue weighted by molar-refractivity contribution is 0.523. The van der Waals surface area contributed by atoms with Gasteiger partial charge in [-0.3, -0.25) is 4.79 Å². The number of hydrogen-bond acceptors (Lipinski definition) is 2. The summed E-state index contributed by atoms with van der Waals surface area (Å²) in [5.74, 6) is 0. The summed E-state index contributed by atoms with van der Waals surface area (Å²) < 4.78 is 0. The third-order valence-electron chi connectivity index (χ3n) is 4.48. The maximum Gasteiger partial charge on any atom is 0.198 e. The van der Waals surface area contributed by atoms with Crippen molar-refractivity contribution in [2.75, 3.05) is 6.54 Å². The largest absolute Gasteiger partial charge is 0.330 e. The van der Waals surface area contributed by atoms with Crippen molar-refractivity contribution in [2.45, 2.75) is 116 Å². The van der Waals surface area contributed by atoms with Gasteiger partial charge in [-0.25, -0.2) is 0 Å². The molecular formula is C20H40NO. The molecule has 0 rings (SSSR count). The van der Waals surface area contributed by atoms with Gasteiger partial charge in [-0.2, -0.15) is 0 Å². The van der Waals surface area contributed by atoms with Gasteiger partial charge in [0, 0.05) is 6.42 Å². The van der Waals surface area contributed by atoms with Crippen LogP contribution in [0.3, 0.4) is 0 Å². The Hall–Kier alpha value is -0.370. The lowest BCUT2D eigenvalue weighted by Crippen LogP contribution is -1.97. The van der Waals surface area contributed by atoms with Crippen molar-refractivity contribution in [1.82, 2.24) is 0 Å². The molecule has 0 aromatic rings. The molecule has 131 valence electrons. The molecule has 0 saturated heterocycles. The topological polar surface area (TPSA) is 43.1 Å². The van der Waals surface area contributed by atoms with Gasteiger partial charge >= 0.3 is 0 Å². The first-order valence-electron chi connectivity index (χ1n) is 9.97. The molecule has 0 aromatic heterocycles. The smallest absolute Gasteiger partial charge is 0.198 e. The van der Waals surface area contributed by atoms with Crippen molar-refractivity contribution in [3.8, 4) is 0 Å². The van der Waals surface area contributed by atoms with Gasteiger partial charge < -0.3 is 5.73 Å². The first-order valence-corrected chi connectivity index (χ1v) is 9.97. The van der Waals surface area contributed by atoms with Gasteiger partial charge in [-0.1, -0.05) is 96.3 Å². The van der Waals surface area contributed by atoms with Gasteiger partial charge in [0.15, 0.2) is 6.29 Å². The fourth-order valence-corrected chi connectivity index (χ4v) is 2.99. The summed E-state index contributed by atoms with van der Waals surface area (Å²) in [7, 11) is 0. The van der Waals surface area contributed by atoms with Gasteiger partial charge in [-0.05, 0) is 19.4 Å². The molecule has 0 aliphatic carbocycles. The first-order chi connectivity index (χ1) is 10.9. The molecule has 2 N–H and O–H groups in total. The van der Waals surface area contributed by atoms with Crippen LogP contribution in [-0.2, 0) is 4.79 Å². The molecule has 0 spiro atoms. The van der Waals surface area contributed by atoms with E-state index in [4.69, 9.17) is 5.73 Å². The zero-order valence-corrected chi connectivity index (χ0v) is 14.9. The molecule has 0 aliphatic rings. The maximum atomic E-state index is 10.0. The average Bonchev–Trinajstić information content (AvgIpc) is 2.54. The molecule has 0 unspecified atom stereocenters. The number of unbranched alkanes of at least 4 members (excludes halogenated alkanes) is 17. The molecule has 0 aliphatic heterocycles. The van der Waals surface area contributed by atoms with Crippen LogP contribution in [0.25, 0.3) is 0 Å². The van der Waals surface area contributed by atoms with E-state index in [9.17, 15) is 4.79 Å². The Morgan fingerprint density at radius 3 is 1.00 bits per heavy atom. The number of nitrogens with two attached hydrogens (primary N) is 1. The van der Waals surface area contributed by atoms with Crippen molar-refractivity contribution < 1.29 is 4.79 Å². The molecule has 0 atom stereocenters. The van der Waals surface area contributed by atoms with Gasteiger partial charge in [0.2, 0.25) is 0 Å². The molecule has 0 heterocycles. The second kappa shape index (κ2) is 20.6. The Morgan fingerprint density at radius 1 is 0.455 bits per heavy atom. The van der Waals surface area contributed by atoms with Crippen LogP contribution in [0.4, 0.5) is 0 Å². The molecule has 0 bridgehead atoms. The molecule has 1 radical (unpaired) electrons. The third kappa shape index (κ3) is 19.6. The van der Waals surface area contributed by atoms with Crippen LogP contribution in [0.5, 0.6) is 0 Å². The highest BCUT2D eigenvalue weighted by molar-refractivity contribution is 5.50. The summed E-state index contributed by atoms with van der Waals surface area (Å²) in [4.78, 5) is 10.0. The van der Waals surface area contributed by atoms with E-state index in [0.717, 1.165) is 13.0 Å². The Bertz CT molecular complexity index is 206. The van der Waals surface area contributed by atoms with Gasteiger partial charge in [0.05, 0.1) is 0 Å². The van der Waals surface area contributed by atoms with Crippen molar-refractivity contribution in [3.05, 3.63) is 0 Å². The number of carbonyl (C=O) groups excluding carboxylic acids is 1. The van der Waals surface area contributed by atoms with E-state index in [1.54, 1.807) is 0 Å². The standard InChI is InChI=1S/C20H40NO/c21-19-17-15-13-11-9-7-5-3-1-2-4-6-8-10-12-14-16-18-20-22/h1-19,21H2. The van der Waals surface area contributed by atoms with E-state index in [-0.39, 0.29) is 0 Å². The fraction of sp³-hybridized carbons (Fsp3) is 0.950. The minimum atomic E-state index is 0.633. The summed E-state index contributed by atoms with van der Waals surface area (Å²) in [6, 6.07) is 0. The summed E-state index contributed by atoms with van der Waals surface area (Å²) in [5, 5.41) is 0. The zero-order chi connectivity index (χ0) is 16.1. The SMILES string of the molecule is NCCCCCCCCCCCCCCCCCCC[C]=O. The van der Waals surface area contributed by atoms with Crippen molar-refractivity contribution >= 4 is 6.29 Å². The molecule has 0 saturated carbocycles. The lowest BCUT2D eigenvalue weighted by atomic mass is 10.0. The van der Waals surface area contributed by atoms with E-state index in [1.807, 2.05) is 6.29 Å². The fourth-order valence-electron chi connectivity index (χ4n) is 2.99. The molecule has 22 heavy (non-hydrogen) atoms. The third-order valence-corrected chi connectivity index (χ3v) is 4.48. The maximum absolute atomic E-state index is 10.0. The van der Waals surface area contributed by atoms with Gasteiger partial charge in [0.1, 0.15) is 0 Å². The van der Waals surface area contributed by atoms with E-state index in [0.29, 0.717) is 6.42 Å². The predicted octanol–water partition coefficient (Wildman–Crippen LogP) is 6.08. The minimum absolute atomic E-state index is 0.633. The van der Waals surface area contributed by atoms with Crippen molar-refractivity contribution in [3.63, 3.8) is 0 Å². The van der Waals surface area contributed by atoms with E-state index in [1.165, 1.54) is 103 Å². The second-order valence-corrected chi connectivity index (χ2v) is 6.69. The van der Waals surface area contributed by atoms with E-state index in [2.05, 4.69) is 0 Å². The molecular weight excluding hydrogens is 270 g/mol. The summed E-state index contributed by atoms with van der Waals surface area (Å²) in [6.07, 6.45) is 25.6. The quantitative estimate of drug-likeness (QED) is 0.294. The Kier molecular flexibility index (Phi) is 20.3. The lowest BCUT2D eigenvalue weighted by Gasteiger charge is -2.03. The molecule has 0 fully saturated rings. The number of rotatable bonds is 19. The van der Waals surface area contributed by atoms with Crippen LogP contribution in [-0.4, -0.2) is 12.8 Å².